The average molecular weight is 312 g/mol. The first-order valence-corrected chi connectivity index (χ1v) is 6.97. The maximum Gasteiger partial charge on any atom is 0.250 e. The molecule has 0 unspecified atom stereocenters. The molecule has 18 heavy (non-hydrogen) atoms. The third-order valence-electron chi connectivity index (χ3n) is 3.38. The minimum atomic E-state index is -0.405. The zero-order chi connectivity index (χ0) is 13.1. The second kappa shape index (κ2) is 5.71. The maximum atomic E-state index is 11.4. The number of anilines is 1. The van der Waals surface area contributed by atoms with E-state index in [-0.39, 0.29) is 0 Å². The molecule has 0 heterocycles. The van der Waals surface area contributed by atoms with Gasteiger partial charge in [0.2, 0.25) is 0 Å². The molecule has 1 fully saturated rings. The second-order valence-corrected chi connectivity index (χ2v) is 5.73. The number of hydrogen-bond acceptors (Lipinski definition) is 3. The summed E-state index contributed by atoms with van der Waals surface area (Å²) >= 11 is 3.41. The first kappa shape index (κ1) is 13.4. The Morgan fingerprint density at radius 1 is 1.28 bits per heavy atom. The highest BCUT2D eigenvalue weighted by Gasteiger charge is 2.19. The van der Waals surface area contributed by atoms with Crippen LogP contribution in [0.5, 0.6) is 0 Å². The molecule has 5 N–H and O–H groups in total. The van der Waals surface area contributed by atoms with Gasteiger partial charge in [-0.25, -0.2) is 0 Å². The molecule has 0 bridgehead atoms. The van der Waals surface area contributed by atoms with Crippen molar-refractivity contribution in [3.63, 3.8) is 0 Å². The van der Waals surface area contributed by atoms with E-state index in [1.165, 1.54) is 0 Å². The topological polar surface area (TPSA) is 81.1 Å². The summed E-state index contributed by atoms with van der Waals surface area (Å²) in [5, 5.41) is 3.41. The van der Waals surface area contributed by atoms with Crippen molar-refractivity contribution < 1.29 is 4.79 Å². The minimum Gasteiger partial charge on any atom is -0.382 e. The zero-order valence-electron chi connectivity index (χ0n) is 10.2. The Labute approximate surface area is 115 Å². The molecule has 1 amide bonds. The molecular weight excluding hydrogens is 294 g/mol. The SMILES string of the molecule is NC(=O)c1ccc(Br)cc1NC1CCC(N)CC1. The quantitative estimate of drug-likeness (QED) is 0.800. The number of rotatable bonds is 3. The predicted molar refractivity (Wildman–Crippen MR) is 76.5 cm³/mol. The number of nitrogens with one attached hydrogen (secondary N) is 1. The van der Waals surface area contributed by atoms with Gasteiger partial charge in [0.05, 0.1) is 5.56 Å². The molecule has 1 aliphatic rings. The third kappa shape index (κ3) is 3.23. The number of carbonyl (C=O) groups is 1. The molecule has 1 aromatic carbocycles. The van der Waals surface area contributed by atoms with Gasteiger partial charge in [-0.15, -0.1) is 0 Å². The first-order chi connectivity index (χ1) is 8.56. The van der Waals surface area contributed by atoms with Gasteiger partial charge in [-0.05, 0) is 43.9 Å². The molecule has 0 aromatic heterocycles. The van der Waals surface area contributed by atoms with Gasteiger partial charge >= 0.3 is 0 Å². The van der Waals surface area contributed by atoms with Crippen LogP contribution in [0, 0.1) is 0 Å². The molecule has 4 nitrogen and oxygen atoms in total. The van der Waals surface area contributed by atoms with E-state index >= 15 is 0 Å². The van der Waals surface area contributed by atoms with Crippen LogP contribution < -0.4 is 16.8 Å². The van der Waals surface area contributed by atoms with Crippen molar-refractivity contribution in [1.29, 1.82) is 0 Å². The highest BCUT2D eigenvalue weighted by Crippen LogP contribution is 2.26. The summed E-state index contributed by atoms with van der Waals surface area (Å²) in [5.41, 5.74) is 12.6. The lowest BCUT2D eigenvalue weighted by Gasteiger charge is -2.28. The molecule has 1 saturated carbocycles. The molecule has 0 aliphatic heterocycles. The lowest BCUT2D eigenvalue weighted by molar-refractivity contribution is 0.100. The smallest absolute Gasteiger partial charge is 0.250 e. The molecule has 1 aliphatic carbocycles. The Bertz CT molecular complexity index is 442. The van der Waals surface area contributed by atoms with E-state index in [0.717, 1.165) is 35.8 Å². The molecule has 1 aromatic rings. The van der Waals surface area contributed by atoms with Gasteiger partial charge in [0.15, 0.2) is 0 Å². The van der Waals surface area contributed by atoms with Crippen LogP contribution in [0.2, 0.25) is 0 Å². The van der Waals surface area contributed by atoms with Crippen molar-refractivity contribution >= 4 is 27.5 Å². The summed E-state index contributed by atoms with van der Waals surface area (Å²) in [4.78, 5) is 11.4. The Morgan fingerprint density at radius 2 is 1.94 bits per heavy atom. The van der Waals surface area contributed by atoms with Crippen LogP contribution in [0.25, 0.3) is 0 Å². The van der Waals surface area contributed by atoms with E-state index in [2.05, 4.69) is 21.2 Å². The molecule has 5 heteroatoms. The lowest BCUT2D eigenvalue weighted by Crippen LogP contribution is -2.33. The summed E-state index contributed by atoms with van der Waals surface area (Å²) in [7, 11) is 0. The number of benzene rings is 1. The normalized spacial score (nSPS) is 23.7. The Morgan fingerprint density at radius 3 is 2.56 bits per heavy atom. The first-order valence-electron chi connectivity index (χ1n) is 6.17. The van der Waals surface area contributed by atoms with E-state index in [0.29, 0.717) is 17.6 Å². The molecule has 0 spiro atoms. The molecular formula is C13H18BrN3O. The molecule has 0 saturated heterocycles. The molecule has 0 atom stereocenters. The van der Waals surface area contributed by atoms with Crippen LogP contribution in [-0.4, -0.2) is 18.0 Å². The van der Waals surface area contributed by atoms with Crippen molar-refractivity contribution in [2.45, 2.75) is 37.8 Å². The van der Waals surface area contributed by atoms with E-state index in [1.807, 2.05) is 12.1 Å². The summed E-state index contributed by atoms with van der Waals surface area (Å²) in [6.45, 7) is 0. The molecule has 2 rings (SSSR count). The number of primary amides is 1. The van der Waals surface area contributed by atoms with Crippen molar-refractivity contribution in [2.24, 2.45) is 11.5 Å². The lowest BCUT2D eigenvalue weighted by atomic mass is 9.91. The fraction of sp³-hybridized carbons (Fsp3) is 0.462. The Hall–Kier alpha value is -1.07. The average Bonchev–Trinajstić information content (AvgIpc) is 2.32. The van der Waals surface area contributed by atoms with Crippen LogP contribution in [0.1, 0.15) is 36.0 Å². The van der Waals surface area contributed by atoms with Crippen molar-refractivity contribution in [3.8, 4) is 0 Å². The highest BCUT2D eigenvalue weighted by atomic mass is 79.9. The van der Waals surface area contributed by atoms with Gasteiger partial charge in [-0.3, -0.25) is 4.79 Å². The van der Waals surface area contributed by atoms with Crippen LogP contribution in [0.4, 0.5) is 5.69 Å². The number of hydrogen-bond donors (Lipinski definition) is 3. The fourth-order valence-electron chi connectivity index (χ4n) is 2.33. The van der Waals surface area contributed by atoms with Gasteiger partial charge in [-0.2, -0.15) is 0 Å². The molecule has 98 valence electrons. The van der Waals surface area contributed by atoms with E-state index in [4.69, 9.17) is 11.5 Å². The molecule has 0 radical (unpaired) electrons. The fourth-order valence-corrected chi connectivity index (χ4v) is 2.70. The third-order valence-corrected chi connectivity index (χ3v) is 3.87. The Balaban J connectivity index is 2.12. The summed E-state index contributed by atoms with van der Waals surface area (Å²) in [6.07, 6.45) is 4.12. The summed E-state index contributed by atoms with van der Waals surface area (Å²) < 4.78 is 0.933. The van der Waals surface area contributed by atoms with Crippen LogP contribution in [0.15, 0.2) is 22.7 Å². The van der Waals surface area contributed by atoms with Crippen LogP contribution in [0.3, 0.4) is 0 Å². The van der Waals surface area contributed by atoms with Crippen molar-refractivity contribution in [3.05, 3.63) is 28.2 Å². The number of amides is 1. The van der Waals surface area contributed by atoms with Gasteiger partial charge in [0.1, 0.15) is 0 Å². The number of halogens is 1. The van der Waals surface area contributed by atoms with E-state index in [1.54, 1.807) is 6.07 Å². The van der Waals surface area contributed by atoms with Crippen LogP contribution in [-0.2, 0) is 0 Å². The zero-order valence-corrected chi connectivity index (χ0v) is 11.7. The predicted octanol–water partition coefficient (Wildman–Crippen LogP) is 2.23. The van der Waals surface area contributed by atoms with Gasteiger partial charge < -0.3 is 16.8 Å². The summed E-state index contributed by atoms with van der Waals surface area (Å²) in [6, 6.07) is 6.15. The van der Waals surface area contributed by atoms with Gasteiger partial charge in [0, 0.05) is 22.2 Å². The second-order valence-electron chi connectivity index (χ2n) is 4.81. The standard InChI is InChI=1S/C13H18BrN3O/c14-8-1-6-11(13(16)18)12(7-8)17-10-4-2-9(15)3-5-10/h1,6-7,9-10,17H,2-5,15H2,(H2,16,18). The van der Waals surface area contributed by atoms with Crippen LogP contribution >= 0.6 is 15.9 Å². The largest absolute Gasteiger partial charge is 0.382 e. The minimum absolute atomic E-state index is 0.321. The van der Waals surface area contributed by atoms with E-state index < -0.39 is 5.91 Å². The Kier molecular flexibility index (Phi) is 4.24. The maximum absolute atomic E-state index is 11.4. The van der Waals surface area contributed by atoms with Gasteiger partial charge in [0.25, 0.3) is 5.91 Å². The monoisotopic (exact) mass is 311 g/mol. The number of carbonyl (C=O) groups excluding carboxylic acids is 1. The number of nitrogens with two attached hydrogens (primary N) is 2. The highest BCUT2D eigenvalue weighted by molar-refractivity contribution is 9.10. The van der Waals surface area contributed by atoms with Gasteiger partial charge in [-0.1, -0.05) is 15.9 Å². The van der Waals surface area contributed by atoms with Crippen molar-refractivity contribution in [2.75, 3.05) is 5.32 Å². The van der Waals surface area contributed by atoms with Crippen molar-refractivity contribution in [1.82, 2.24) is 0 Å². The van der Waals surface area contributed by atoms with E-state index in [9.17, 15) is 4.79 Å². The summed E-state index contributed by atoms with van der Waals surface area (Å²) in [5.74, 6) is -0.405.